The van der Waals surface area contributed by atoms with Gasteiger partial charge in [0.1, 0.15) is 16.8 Å². The van der Waals surface area contributed by atoms with Gasteiger partial charge in [0.15, 0.2) is 0 Å². The lowest BCUT2D eigenvalue weighted by atomic mass is 10.0. The van der Waals surface area contributed by atoms with Gasteiger partial charge in [-0.15, -0.1) is 0 Å². The number of esters is 3. The van der Waals surface area contributed by atoms with Crippen LogP contribution in [-0.4, -0.2) is 53.8 Å². The summed E-state index contributed by atoms with van der Waals surface area (Å²) in [5, 5.41) is 10.9. The number of hydrogen-bond acceptors (Lipinski definition) is 9. The molecule has 11 heteroatoms. The topological polar surface area (TPSA) is 144 Å². The monoisotopic (exact) mass is 454 g/mol. The minimum Gasteiger partial charge on any atom is -0.465 e. The Morgan fingerprint density at radius 1 is 0.909 bits per heavy atom. The maximum absolute atomic E-state index is 13.4. The maximum Gasteiger partial charge on any atom is 0.341 e. The van der Waals surface area contributed by atoms with E-state index in [0.29, 0.717) is 0 Å². The van der Waals surface area contributed by atoms with E-state index < -0.39 is 28.6 Å². The minimum absolute atomic E-state index is 0.0241. The van der Waals surface area contributed by atoms with Crippen LogP contribution in [-0.2, 0) is 14.2 Å². The Morgan fingerprint density at radius 3 is 2.06 bits per heavy atom. The second kappa shape index (κ2) is 9.30. The van der Waals surface area contributed by atoms with Crippen LogP contribution in [0.15, 0.2) is 42.6 Å². The fraction of sp³-hybridized carbons (Fsp3) is 0.182. The Morgan fingerprint density at radius 2 is 1.52 bits per heavy atom. The number of non-ortho nitro benzene ring substituents is 1. The van der Waals surface area contributed by atoms with Crippen molar-refractivity contribution in [2.75, 3.05) is 20.8 Å². The number of aromatic nitrogens is 1. The molecule has 3 aromatic rings. The molecule has 0 saturated carbocycles. The molecule has 0 atom stereocenters. The van der Waals surface area contributed by atoms with Gasteiger partial charge >= 0.3 is 17.9 Å². The minimum atomic E-state index is -0.984. The first kappa shape index (κ1) is 23.1. The molecule has 2 heterocycles. The number of benzene rings is 1. The zero-order chi connectivity index (χ0) is 24.3. The zero-order valence-electron chi connectivity index (χ0n) is 17.8. The van der Waals surface area contributed by atoms with E-state index in [1.165, 1.54) is 34.9 Å². The van der Waals surface area contributed by atoms with E-state index in [2.05, 4.69) is 0 Å². The van der Waals surface area contributed by atoms with Crippen LogP contribution in [0.5, 0.6) is 0 Å². The summed E-state index contributed by atoms with van der Waals surface area (Å²) in [6.07, 6.45) is 1.33. The van der Waals surface area contributed by atoms with Crippen molar-refractivity contribution in [3.8, 4) is 0 Å². The molecule has 0 aliphatic rings. The van der Waals surface area contributed by atoms with Crippen LogP contribution in [0.3, 0.4) is 0 Å². The number of carbonyl (C=O) groups is 4. The number of nitro groups is 1. The van der Waals surface area contributed by atoms with Crippen LogP contribution in [0.25, 0.3) is 5.52 Å². The molecule has 3 rings (SSSR count). The van der Waals surface area contributed by atoms with E-state index in [1.54, 1.807) is 6.92 Å². The molecule has 33 heavy (non-hydrogen) atoms. The summed E-state index contributed by atoms with van der Waals surface area (Å²) in [6, 6.07) is 7.39. The quantitative estimate of drug-likeness (QED) is 0.173. The van der Waals surface area contributed by atoms with Gasteiger partial charge in [-0.2, -0.15) is 0 Å². The SMILES string of the molecule is CCOC(=O)c1ccn2c(C(=O)c3ccc([N+](=O)[O-])cc3)c(C(=O)OC)c(C(=O)OC)c2c1. The van der Waals surface area contributed by atoms with Gasteiger partial charge < -0.3 is 18.6 Å². The molecule has 11 nitrogen and oxygen atoms in total. The molecule has 0 radical (unpaired) electrons. The van der Waals surface area contributed by atoms with Gasteiger partial charge in [-0.25, -0.2) is 14.4 Å². The smallest absolute Gasteiger partial charge is 0.341 e. The van der Waals surface area contributed by atoms with E-state index >= 15 is 0 Å². The molecule has 0 bridgehead atoms. The fourth-order valence-corrected chi connectivity index (χ4v) is 3.30. The van der Waals surface area contributed by atoms with E-state index in [1.807, 2.05) is 0 Å². The Bertz CT molecular complexity index is 1290. The third-order valence-electron chi connectivity index (χ3n) is 4.78. The molecule has 2 aromatic heterocycles. The lowest BCUT2D eigenvalue weighted by molar-refractivity contribution is -0.384. The van der Waals surface area contributed by atoms with Crippen LogP contribution < -0.4 is 0 Å². The molecule has 1 aromatic carbocycles. The number of methoxy groups -OCH3 is 2. The van der Waals surface area contributed by atoms with Crippen LogP contribution >= 0.6 is 0 Å². The molecule has 0 saturated heterocycles. The molecular formula is C22H18N2O9. The first-order chi connectivity index (χ1) is 15.7. The third kappa shape index (κ3) is 4.15. The van der Waals surface area contributed by atoms with E-state index in [4.69, 9.17) is 14.2 Å². The van der Waals surface area contributed by atoms with Gasteiger partial charge in [0, 0.05) is 23.9 Å². The Balaban J connectivity index is 2.33. The van der Waals surface area contributed by atoms with Gasteiger partial charge in [-0.05, 0) is 31.2 Å². The molecule has 0 spiro atoms. The summed E-state index contributed by atoms with van der Waals surface area (Å²) >= 11 is 0. The predicted octanol–water partition coefficient (Wildman–Crippen LogP) is 2.83. The number of hydrogen-bond donors (Lipinski definition) is 0. The summed E-state index contributed by atoms with van der Waals surface area (Å²) < 4.78 is 15.8. The van der Waals surface area contributed by atoms with Gasteiger partial charge in [-0.3, -0.25) is 14.9 Å². The fourth-order valence-electron chi connectivity index (χ4n) is 3.30. The highest BCUT2D eigenvalue weighted by Crippen LogP contribution is 2.29. The van der Waals surface area contributed by atoms with Crippen LogP contribution in [0.1, 0.15) is 54.0 Å². The maximum atomic E-state index is 13.4. The lowest BCUT2D eigenvalue weighted by Crippen LogP contribution is -2.15. The number of pyridine rings is 1. The highest BCUT2D eigenvalue weighted by molar-refractivity contribution is 6.20. The number of ether oxygens (including phenoxy) is 3. The number of fused-ring (bicyclic) bond motifs is 1. The van der Waals surface area contributed by atoms with Gasteiger partial charge in [-0.1, -0.05) is 0 Å². The molecule has 0 unspecified atom stereocenters. The van der Waals surface area contributed by atoms with Crippen molar-refractivity contribution in [3.63, 3.8) is 0 Å². The lowest BCUT2D eigenvalue weighted by Gasteiger charge is -2.06. The average Bonchev–Trinajstić information content (AvgIpc) is 3.17. The standard InChI is InChI=1S/C22H18N2O9/c1-4-33-20(26)13-9-10-23-15(11-13)16(21(27)31-2)17(22(28)32-3)18(23)19(25)12-5-7-14(8-6-12)24(29)30/h5-11H,4H2,1-3H3. The first-order valence-electron chi connectivity index (χ1n) is 9.56. The van der Waals surface area contributed by atoms with Crippen molar-refractivity contribution in [2.24, 2.45) is 0 Å². The van der Waals surface area contributed by atoms with Crippen LogP contribution in [0.4, 0.5) is 5.69 Å². The summed E-state index contributed by atoms with van der Waals surface area (Å²) in [6.45, 7) is 1.75. The van der Waals surface area contributed by atoms with Gasteiger partial charge in [0.2, 0.25) is 5.78 Å². The molecule has 0 aliphatic heterocycles. The number of rotatable bonds is 7. The normalized spacial score (nSPS) is 10.5. The van der Waals surface area contributed by atoms with Crippen LogP contribution in [0.2, 0.25) is 0 Å². The highest BCUT2D eigenvalue weighted by Gasteiger charge is 2.33. The molecule has 170 valence electrons. The second-order valence-electron chi connectivity index (χ2n) is 6.61. The van der Waals surface area contributed by atoms with Crippen molar-refractivity contribution < 1.29 is 38.3 Å². The summed E-state index contributed by atoms with van der Waals surface area (Å²) in [7, 11) is 2.18. The predicted molar refractivity (Wildman–Crippen MR) is 113 cm³/mol. The van der Waals surface area contributed by atoms with E-state index in [0.717, 1.165) is 26.4 Å². The first-order valence-corrected chi connectivity index (χ1v) is 9.56. The highest BCUT2D eigenvalue weighted by atomic mass is 16.6. The average molecular weight is 454 g/mol. The number of carbonyl (C=O) groups excluding carboxylic acids is 4. The van der Waals surface area contributed by atoms with Gasteiger partial charge in [0.05, 0.1) is 36.8 Å². The Hall–Kier alpha value is -4.54. The molecule has 0 aliphatic carbocycles. The second-order valence-corrected chi connectivity index (χ2v) is 6.61. The number of nitro benzene ring substituents is 1. The van der Waals surface area contributed by atoms with Gasteiger partial charge in [0.25, 0.3) is 5.69 Å². The molecule has 0 N–H and O–H groups in total. The van der Waals surface area contributed by atoms with Crippen molar-refractivity contribution in [1.29, 1.82) is 0 Å². The number of nitrogens with zero attached hydrogens (tertiary/aromatic N) is 2. The largest absolute Gasteiger partial charge is 0.465 e. The number of ketones is 1. The molecule has 0 fully saturated rings. The van der Waals surface area contributed by atoms with Crippen molar-refractivity contribution in [2.45, 2.75) is 6.92 Å². The van der Waals surface area contributed by atoms with Crippen molar-refractivity contribution in [3.05, 3.63) is 80.7 Å². The zero-order valence-corrected chi connectivity index (χ0v) is 17.8. The summed E-state index contributed by atoms with van der Waals surface area (Å²) in [5.41, 5.74) is -0.961. The van der Waals surface area contributed by atoms with Crippen molar-refractivity contribution in [1.82, 2.24) is 4.40 Å². The summed E-state index contributed by atoms with van der Waals surface area (Å²) in [5.74, 6) is -3.29. The third-order valence-corrected chi connectivity index (χ3v) is 4.78. The molecular weight excluding hydrogens is 436 g/mol. The summed E-state index contributed by atoms with van der Waals surface area (Å²) in [4.78, 5) is 61.2. The van der Waals surface area contributed by atoms with E-state index in [-0.39, 0.29) is 45.8 Å². The van der Waals surface area contributed by atoms with Crippen molar-refractivity contribution >= 4 is 34.9 Å². The van der Waals surface area contributed by atoms with E-state index in [9.17, 15) is 29.3 Å². The Kier molecular flexibility index (Phi) is 6.52. The van der Waals surface area contributed by atoms with Crippen LogP contribution in [0, 0.1) is 10.1 Å². The molecule has 0 amide bonds. The Labute approximate surface area is 186 Å².